The molecule has 3 aliphatic rings. The Morgan fingerprint density at radius 3 is 2.95 bits per heavy atom. The van der Waals surface area contributed by atoms with Crippen molar-refractivity contribution in [1.29, 1.82) is 0 Å². The predicted octanol–water partition coefficient (Wildman–Crippen LogP) is 2.11. The summed E-state index contributed by atoms with van der Waals surface area (Å²) in [6.07, 6.45) is 3.42. The van der Waals surface area contributed by atoms with Gasteiger partial charge in [-0.25, -0.2) is 0 Å². The summed E-state index contributed by atoms with van der Waals surface area (Å²) in [5, 5.41) is 1.68. The van der Waals surface area contributed by atoms with Crippen LogP contribution in [-0.2, 0) is 9.53 Å². The molecule has 0 aromatic carbocycles. The molecule has 21 heavy (non-hydrogen) atoms. The molecular formula is C14H17BrN2O3S. The normalized spacial score (nSPS) is 29.4. The zero-order chi connectivity index (χ0) is 15.1. The summed E-state index contributed by atoms with van der Waals surface area (Å²) >= 11 is 3.36. The monoisotopic (exact) mass is 372 g/mol. The van der Waals surface area contributed by atoms with Crippen molar-refractivity contribution in [2.75, 3.05) is 26.7 Å². The third-order valence-electron chi connectivity index (χ3n) is 3.94. The molecule has 2 atom stereocenters. The fourth-order valence-corrected chi connectivity index (χ4v) is 4.41. The minimum Gasteiger partial charge on any atom is -0.449 e. The molecule has 0 aliphatic carbocycles. The maximum Gasteiger partial charge on any atom is 0.289 e. The molecule has 0 bridgehead atoms. The van der Waals surface area contributed by atoms with E-state index in [2.05, 4.69) is 34.8 Å². The second-order valence-electron chi connectivity index (χ2n) is 5.35. The number of fused-ring (bicyclic) bond motifs is 1. The number of amides is 1. The van der Waals surface area contributed by atoms with E-state index in [0.717, 1.165) is 6.54 Å². The lowest BCUT2D eigenvalue weighted by Gasteiger charge is -2.38. The van der Waals surface area contributed by atoms with E-state index in [4.69, 9.17) is 4.74 Å². The average molecular weight is 373 g/mol. The molecule has 1 fully saturated rings. The van der Waals surface area contributed by atoms with Gasteiger partial charge < -0.3 is 19.1 Å². The topological polar surface area (TPSA) is 53.0 Å². The van der Waals surface area contributed by atoms with Gasteiger partial charge in [-0.2, -0.15) is 0 Å². The zero-order valence-electron chi connectivity index (χ0n) is 11.9. The summed E-state index contributed by atoms with van der Waals surface area (Å²) in [7, 11) is 1.12. The van der Waals surface area contributed by atoms with Crippen molar-refractivity contribution in [3.05, 3.63) is 33.1 Å². The van der Waals surface area contributed by atoms with E-state index in [0.29, 0.717) is 40.0 Å². The number of nitrogens with zero attached hydrogens (tertiary/aromatic N) is 2. The summed E-state index contributed by atoms with van der Waals surface area (Å²) in [5.41, 5.74) is 0. The second-order valence-corrected chi connectivity index (χ2v) is 7.51. The number of ether oxygens (including phenoxy) is 1. The molecule has 1 N–H and O–H groups in total. The van der Waals surface area contributed by atoms with Crippen molar-refractivity contribution < 1.29 is 14.1 Å². The molecule has 0 radical (unpaired) electrons. The summed E-state index contributed by atoms with van der Waals surface area (Å²) in [4.78, 5) is 17.3. The molecule has 5 nitrogen and oxygen atoms in total. The van der Waals surface area contributed by atoms with Crippen molar-refractivity contribution in [1.82, 2.24) is 9.80 Å². The predicted molar refractivity (Wildman–Crippen MR) is 88.2 cm³/mol. The number of carbonyl (C=O) groups is 1. The number of likely N-dealkylation sites (N-methyl/N-ethyl adjacent to an activating group) is 1. The Labute approximate surface area is 134 Å². The van der Waals surface area contributed by atoms with Crippen molar-refractivity contribution >= 4 is 38.0 Å². The van der Waals surface area contributed by atoms with Gasteiger partial charge in [0.25, 0.3) is 5.91 Å². The number of hydrogen-bond acceptors (Lipinski definition) is 4. The van der Waals surface area contributed by atoms with Crippen LogP contribution in [0.3, 0.4) is 0 Å². The van der Waals surface area contributed by atoms with Crippen molar-refractivity contribution in [3.8, 4) is 0 Å². The van der Waals surface area contributed by atoms with Crippen molar-refractivity contribution in [2.24, 2.45) is 0 Å². The maximum atomic E-state index is 12.6. The van der Waals surface area contributed by atoms with Crippen LogP contribution in [0.4, 0.5) is 0 Å². The van der Waals surface area contributed by atoms with E-state index in [-0.39, 0.29) is 5.91 Å². The first kappa shape index (κ1) is 15.0. The van der Waals surface area contributed by atoms with Gasteiger partial charge in [-0.1, -0.05) is 0 Å². The molecule has 0 aromatic rings. The van der Waals surface area contributed by atoms with Crippen LogP contribution in [-0.4, -0.2) is 58.4 Å². The minimum atomic E-state index is -0.949. The molecular weight excluding hydrogens is 356 g/mol. The Balaban J connectivity index is 1.77. The van der Waals surface area contributed by atoms with Crippen LogP contribution in [0.1, 0.15) is 6.92 Å². The Bertz CT molecular complexity index is 624. The van der Waals surface area contributed by atoms with Gasteiger partial charge in [0, 0.05) is 31.0 Å². The highest BCUT2D eigenvalue weighted by Gasteiger charge is 2.31. The lowest BCUT2D eigenvalue weighted by atomic mass is 10.2. The van der Waals surface area contributed by atoms with Crippen LogP contribution < -0.4 is 0 Å². The number of piperazine rings is 1. The number of halogens is 1. The lowest BCUT2D eigenvalue weighted by Crippen LogP contribution is -2.52. The van der Waals surface area contributed by atoms with E-state index >= 15 is 0 Å². The van der Waals surface area contributed by atoms with E-state index in [1.165, 1.54) is 0 Å². The van der Waals surface area contributed by atoms with Crippen LogP contribution in [0.2, 0.25) is 0 Å². The van der Waals surface area contributed by atoms with Gasteiger partial charge in [-0.3, -0.25) is 4.79 Å². The maximum absolute atomic E-state index is 12.6. The fraction of sp³-hybridized carbons (Fsp3) is 0.429. The molecule has 1 amide bonds. The van der Waals surface area contributed by atoms with E-state index in [1.54, 1.807) is 17.5 Å². The zero-order valence-corrected chi connectivity index (χ0v) is 14.3. The standard InChI is InChI=1S/C14H17BrN2O3S/c1-9-7-17(6-5-16(9)2)14(18)11-3-4-12-13(20-11)10(15)8-21(12)19/h3-4,8-9,19H,5-7H2,1-2H3. The molecule has 3 rings (SSSR count). The largest absolute Gasteiger partial charge is 0.449 e. The van der Waals surface area contributed by atoms with Gasteiger partial charge in [0.1, 0.15) is 0 Å². The average Bonchev–Trinajstić information content (AvgIpc) is 2.76. The van der Waals surface area contributed by atoms with Crippen LogP contribution in [0.5, 0.6) is 0 Å². The number of carbonyl (C=O) groups excluding carboxylic acids is 1. The van der Waals surface area contributed by atoms with Crippen LogP contribution in [0.25, 0.3) is 0 Å². The molecule has 7 heteroatoms. The third-order valence-corrected chi connectivity index (χ3v) is 6.06. The highest BCUT2D eigenvalue weighted by molar-refractivity contribution is 9.12. The van der Waals surface area contributed by atoms with Gasteiger partial charge in [-0.15, -0.1) is 0 Å². The summed E-state index contributed by atoms with van der Waals surface area (Å²) in [6, 6.07) is 0.340. The van der Waals surface area contributed by atoms with E-state index < -0.39 is 10.8 Å². The molecule has 0 saturated carbocycles. The summed E-state index contributed by atoms with van der Waals surface area (Å²) in [5.74, 6) is 0.770. The smallest absolute Gasteiger partial charge is 0.289 e. The fourth-order valence-electron chi connectivity index (χ4n) is 2.47. The third kappa shape index (κ3) is 2.75. The van der Waals surface area contributed by atoms with Crippen molar-refractivity contribution in [3.63, 3.8) is 0 Å². The van der Waals surface area contributed by atoms with Crippen LogP contribution in [0, 0.1) is 0 Å². The summed E-state index contributed by atoms with van der Waals surface area (Å²) in [6.45, 7) is 4.37. The molecule has 1 saturated heterocycles. The van der Waals surface area contributed by atoms with Crippen LogP contribution in [0.15, 0.2) is 33.1 Å². The van der Waals surface area contributed by atoms with E-state index in [9.17, 15) is 9.35 Å². The number of rotatable bonds is 1. The van der Waals surface area contributed by atoms with Gasteiger partial charge in [0.05, 0.1) is 9.39 Å². The molecule has 114 valence electrons. The van der Waals surface area contributed by atoms with Gasteiger partial charge in [-0.05, 0) is 52.8 Å². The Morgan fingerprint density at radius 2 is 2.24 bits per heavy atom. The summed E-state index contributed by atoms with van der Waals surface area (Å²) < 4.78 is 16.3. The quantitative estimate of drug-likeness (QED) is 0.716. The number of hydrogen-bond donors (Lipinski definition) is 1. The molecule has 3 aliphatic heterocycles. The molecule has 2 unspecified atom stereocenters. The Hall–Kier alpha value is -0.890. The number of allylic oxidation sites excluding steroid dienone is 3. The van der Waals surface area contributed by atoms with Gasteiger partial charge in [0.2, 0.25) is 0 Å². The SMILES string of the molecule is CC1CN(C(=O)C2=CC=C3C(=C(Br)C=S3O)O2)CCN1C. The molecule has 0 spiro atoms. The van der Waals surface area contributed by atoms with Gasteiger partial charge in [0.15, 0.2) is 11.5 Å². The highest BCUT2D eigenvalue weighted by Crippen LogP contribution is 2.42. The first-order chi connectivity index (χ1) is 9.97. The van der Waals surface area contributed by atoms with Crippen molar-refractivity contribution in [2.45, 2.75) is 13.0 Å². The van der Waals surface area contributed by atoms with Gasteiger partial charge >= 0.3 is 0 Å². The first-order valence-electron chi connectivity index (χ1n) is 6.74. The van der Waals surface area contributed by atoms with Crippen LogP contribution >= 0.6 is 26.7 Å². The highest BCUT2D eigenvalue weighted by atomic mass is 79.9. The lowest BCUT2D eigenvalue weighted by molar-refractivity contribution is -0.132. The second kappa shape index (κ2) is 5.72. The Morgan fingerprint density at radius 1 is 1.48 bits per heavy atom. The molecule has 0 aromatic heterocycles. The molecule has 3 heterocycles. The first-order valence-corrected chi connectivity index (χ1v) is 8.77. The Kier molecular flexibility index (Phi) is 4.09. The van der Waals surface area contributed by atoms with E-state index in [1.807, 2.05) is 4.90 Å². The minimum absolute atomic E-state index is 0.0947.